The van der Waals surface area contributed by atoms with Gasteiger partial charge in [-0.1, -0.05) is 6.92 Å². The second-order valence-electron chi connectivity index (χ2n) is 7.18. The highest BCUT2D eigenvalue weighted by Crippen LogP contribution is 2.35. The van der Waals surface area contributed by atoms with Gasteiger partial charge in [0.2, 0.25) is 0 Å². The number of halogens is 6. The van der Waals surface area contributed by atoms with Crippen LogP contribution in [0.25, 0.3) is 28.2 Å². The zero-order valence-corrected chi connectivity index (χ0v) is 18.2. The summed E-state index contributed by atoms with van der Waals surface area (Å²) < 4.78 is 105. The minimum absolute atomic E-state index is 0.0218. The summed E-state index contributed by atoms with van der Waals surface area (Å²) in [7, 11) is -2.65. The van der Waals surface area contributed by atoms with Crippen molar-refractivity contribution in [2.45, 2.75) is 24.3 Å². The standard InChI is InChI=1S/C18H15F6N7O2S/c1-3-34(32,33)16-12(14-25-5-4-11(31(14)29-16)27-8-17(19,20)21)15-28-10-6-9(18(22,23)24)7-26-13(10)30(15)2/h4-7,27H,3,8H2,1-2H3. The first-order chi connectivity index (χ1) is 15.7. The molecule has 0 saturated heterocycles. The minimum atomic E-state index is -4.68. The summed E-state index contributed by atoms with van der Waals surface area (Å²) in [6, 6.07) is 1.93. The van der Waals surface area contributed by atoms with Gasteiger partial charge in [0.25, 0.3) is 0 Å². The molecule has 182 valence electrons. The quantitative estimate of drug-likeness (QED) is 0.413. The molecule has 0 aliphatic heterocycles. The predicted molar refractivity (Wildman–Crippen MR) is 108 cm³/mol. The van der Waals surface area contributed by atoms with Crippen LogP contribution >= 0.6 is 0 Å². The third-order valence-electron chi connectivity index (χ3n) is 4.89. The number of aryl methyl sites for hydroxylation is 1. The first kappa shape index (κ1) is 23.7. The maximum atomic E-state index is 13.1. The van der Waals surface area contributed by atoms with Crippen LogP contribution in [0.15, 0.2) is 29.6 Å². The Bertz CT molecular complexity index is 1510. The van der Waals surface area contributed by atoms with Gasteiger partial charge < -0.3 is 9.88 Å². The molecule has 0 aliphatic carbocycles. The highest BCUT2D eigenvalue weighted by atomic mass is 32.2. The molecule has 0 aliphatic rings. The van der Waals surface area contributed by atoms with Gasteiger partial charge in [0.05, 0.1) is 11.3 Å². The van der Waals surface area contributed by atoms with Gasteiger partial charge in [0.1, 0.15) is 29.3 Å². The van der Waals surface area contributed by atoms with E-state index in [1.54, 1.807) is 0 Å². The van der Waals surface area contributed by atoms with Crippen molar-refractivity contribution in [3.63, 3.8) is 0 Å². The average molecular weight is 507 g/mol. The number of sulfone groups is 1. The minimum Gasteiger partial charge on any atom is -0.361 e. The van der Waals surface area contributed by atoms with Gasteiger partial charge in [-0.15, -0.1) is 0 Å². The molecule has 0 saturated carbocycles. The second-order valence-corrected chi connectivity index (χ2v) is 9.37. The van der Waals surface area contributed by atoms with Crippen molar-refractivity contribution >= 4 is 32.5 Å². The van der Waals surface area contributed by atoms with Crippen molar-refractivity contribution < 1.29 is 34.8 Å². The molecule has 16 heteroatoms. The molecule has 0 aromatic carbocycles. The van der Waals surface area contributed by atoms with Crippen molar-refractivity contribution in [2.75, 3.05) is 17.6 Å². The fourth-order valence-corrected chi connectivity index (χ4v) is 4.23. The first-order valence-electron chi connectivity index (χ1n) is 9.54. The number of fused-ring (bicyclic) bond motifs is 2. The molecule has 4 aromatic heterocycles. The summed E-state index contributed by atoms with van der Waals surface area (Å²) in [6.07, 6.45) is -7.49. The van der Waals surface area contributed by atoms with E-state index in [4.69, 9.17) is 0 Å². The molecule has 0 unspecified atom stereocenters. The van der Waals surface area contributed by atoms with Crippen molar-refractivity contribution in [2.24, 2.45) is 7.05 Å². The van der Waals surface area contributed by atoms with E-state index in [-0.39, 0.29) is 34.0 Å². The van der Waals surface area contributed by atoms with Crippen LogP contribution in [-0.2, 0) is 23.1 Å². The lowest BCUT2D eigenvalue weighted by atomic mass is 10.2. The predicted octanol–water partition coefficient (Wildman–Crippen LogP) is 3.46. The summed E-state index contributed by atoms with van der Waals surface area (Å²) in [5, 5.41) is 5.58. The molecule has 1 N–H and O–H groups in total. The third-order valence-corrected chi connectivity index (χ3v) is 6.53. The number of hydrogen-bond acceptors (Lipinski definition) is 7. The van der Waals surface area contributed by atoms with E-state index < -0.39 is 45.1 Å². The molecule has 0 fully saturated rings. The summed E-state index contributed by atoms with van der Waals surface area (Å²) >= 11 is 0. The average Bonchev–Trinajstić information content (AvgIpc) is 3.29. The zero-order valence-electron chi connectivity index (χ0n) is 17.4. The van der Waals surface area contributed by atoms with E-state index >= 15 is 0 Å². The van der Waals surface area contributed by atoms with Gasteiger partial charge in [0, 0.05) is 19.4 Å². The largest absolute Gasteiger partial charge is 0.417 e. The number of nitrogens with one attached hydrogen (secondary N) is 1. The highest BCUT2D eigenvalue weighted by Gasteiger charge is 2.34. The number of alkyl halides is 6. The number of anilines is 1. The molecule has 0 radical (unpaired) electrons. The normalized spacial score (nSPS) is 13.2. The van der Waals surface area contributed by atoms with Crippen LogP contribution in [-0.4, -0.2) is 56.0 Å². The molecular weight excluding hydrogens is 492 g/mol. The van der Waals surface area contributed by atoms with Gasteiger partial charge in [-0.2, -0.15) is 36.0 Å². The summed E-state index contributed by atoms with van der Waals surface area (Å²) in [4.78, 5) is 12.0. The topological polar surface area (TPSA) is 107 Å². The molecule has 0 atom stereocenters. The lowest BCUT2D eigenvalue weighted by Gasteiger charge is -2.10. The monoisotopic (exact) mass is 507 g/mol. The van der Waals surface area contributed by atoms with E-state index in [0.29, 0.717) is 6.20 Å². The molecule has 0 bridgehead atoms. The Morgan fingerprint density at radius 2 is 1.79 bits per heavy atom. The van der Waals surface area contributed by atoms with Crippen molar-refractivity contribution in [1.29, 1.82) is 0 Å². The summed E-state index contributed by atoms with van der Waals surface area (Å²) in [5.41, 5.74) is -1.53. The molecule has 0 spiro atoms. The van der Waals surface area contributed by atoms with E-state index in [0.717, 1.165) is 16.8 Å². The second kappa shape index (κ2) is 7.82. The highest BCUT2D eigenvalue weighted by molar-refractivity contribution is 7.91. The van der Waals surface area contributed by atoms with E-state index in [9.17, 15) is 34.8 Å². The Morgan fingerprint density at radius 1 is 1.09 bits per heavy atom. The van der Waals surface area contributed by atoms with Gasteiger partial charge in [0.15, 0.2) is 26.2 Å². The van der Waals surface area contributed by atoms with Crippen LogP contribution in [0, 0.1) is 0 Å². The smallest absolute Gasteiger partial charge is 0.361 e. The lowest BCUT2D eigenvalue weighted by Crippen LogP contribution is -2.22. The zero-order chi connectivity index (χ0) is 25.1. The van der Waals surface area contributed by atoms with E-state index in [1.807, 2.05) is 0 Å². The maximum Gasteiger partial charge on any atom is 0.417 e. The number of rotatable bonds is 5. The van der Waals surface area contributed by atoms with Crippen LogP contribution in [0.2, 0.25) is 0 Å². The molecule has 9 nitrogen and oxygen atoms in total. The molecule has 4 heterocycles. The summed E-state index contributed by atoms with van der Waals surface area (Å²) in [6.45, 7) is -0.0843. The molecule has 0 amide bonds. The van der Waals surface area contributed by atoms with Crippen LogP contribution in [0.1, 0.15) is 12.5 Å². The number of nitrogens with zero attached hydrogens (tertiary/aromatic N) is 6. The maximum absolute atomic E-state index is 13.1. The Morgan fingerprint density at radius 3 is 2.41 bits per heavy atom. The van der Waals surface area contributed by atoms with Gasteiger partial charge in [-0.3, -0.25) is 0 Å². The van der Waals surface area contributed by atoms with E-state index in [1.165, 1.54) is 24.6 Å². The van der Waals surface area contributed by atoms with Crippen molar-refractivity contribution in [3.8, 4) is 11.4 Å². The van der Waals surface area contributed by atoms with Crippen LogP contribution < -0.4 is 5.32 Å². The number of hydrogen-bond donors (Lipinski definition) is 1. The SMILES string of the molecule is CCS(=O)(=O)c1nn2c(NCC(F)(F)F)ccnc2c1-c1nc2cc(C(F)(F)F)cnc2n1C. The fourth-order valence-electron chi connectivity index (χ4n) is 3.26. The van der Waals surface area contributed by atoms with Gasteiger partial charge in [-0.25, -0.2) is 23.4 Å². The summed E-state index contributed by atoms with van der Waals surface area (Å²) in [5.74, 6) is -0.725. The number of pyridine rings is 1. The van der Waals surface area contributed by atoms with Crippen molar-refractivity contribution in [3.05, 3.63) is 30.1 Å². The fraction of sp³-hybridized carbons (Fsp3) is 0.333. The van der Waals surface area contributed by atoms with Crippen molar-refractivity contribution in [1.82, 2.24) is 29.1 Å². The third kappa shape index (κ3) is 4.12. The van der Waals surface area contributed by atoms with Crippen LogP contribution in [0.5, 0.6) is 0 Å². The molecular formula is C18H15F6N7O2S. The lowest BCUT2D eigenvalue weighted by molar-refractivity contribution is -0.137. The van der Waals surface area contributed by atoms with E-state index in [2.05, 4.69) is 25.4 Å². The Kier molecular flexibility index (Phi) is 5.45. The first-order valence-corrected chi connectivity index (χ1v) is 11.2. The van der Waals surface area contributed by atoms with Gasteiger partial charge >= 0.3 is 12.4 Å². The Balaban J connectivity index is 2.00. The Hall–Kier alpha value is -3.43. The Labute approximate surface area is 187 Å². The molecule has 4 aromatic rings. The van der Waals surface area contributed by atoms with Crippen LogP contribution in [0.3, 0.4) is 0 Å². The molecule has 4 rings (SSSR count). The number of aromatic nitrogens is 6. The van der Waals surface area contributed by atoms with Gasteiger partial charge in [-0.05, 0) is 12.1 Å². The number of imidazole rings is 1. The molecule has 34 heavy (non-hydrogen) atoms. The van der Waals surface area contributed by atoms with Crippen LogP contribution in [0.4, 0.5) is 32.2 Å².